The van der Waals surface area contributed by atoms with Gasteiger partial charge in [0.25, 0.3) is 0 Å². The molecule has 0 saturated carbocycles. The van der Waals surface area contributed by atoms with Crippen LogP contribution < -0.4 is 20.3 Å². The molecule has 1 heterocycles. The quantitative estimate of drug-likeness (QED) is 0.301. The van der Waals surface area contributed by atoms with Crippen LogP contribution in [0.3, 0.4) is 0 Å². The van der Waals surface area contributed by atoms with Gasteiger partial charge in [0, 0.05) is 44.0 Å². The zero-order valence-corrected chi connectivity index (χ0v) is 19.1. The number of ether oxygens (including phenoxy) is 1. The van der Waals surface area contributed by atoms with Crippen molar-refractivity contribution in [1.29, 1.82) is 0 Å². The van der Waals surface area contributed by atoms with Crippen LogP contribution in [0.4, 0.5) is 5.69 Å². The van der Waals surface area contributed by atoms with E-state index in [0.29, 0.717) is 32.2 Å². The van der Waals surface area contributed by atoms with Gasteiger partial charge in [-0.05, 0) is 49.4 Å². The second-order valence-electron chi connectivity index (χ2n) is 8.04. The Labute approximate surface area is 192 Å². The van der Waals surface area contributed by atoms with Gasteiger partial charge in [-0.15, -0.1) is 0 Å². The molecule has 0 radical (unpaired) electrons. The third-order valence-corrected chi connectivity index (χ3v) is 5.71. The molecule has 0 aliphatic carbocycles. The highest BCUT2D eigenvalue weighted by Crippen LogP contribution is 2.23. The second kappa shape index (κ2) is 12.8. The van der Waals surface area contributed by atoms with Gasteiger partial charge in [-0.2, -0.15) is 0 Å². The number of hydrogen-bond acceptors (Lipinski definition) is 4. The maximum absolute atomic E-state index is 9.33. The number of aliphatic hydroxyl groups is 1. The molecule has 3 rings (SSSR count). The largest absolute Gasteiger partial charge is 0.489 e. The van der Waals surface area contributed by atoms with E-state index in [-0.39, 0.29) is 0 Å². The summed E-state index contributed by atoms with van der Waals surface area (Å²) in [6.07, 6.45) is 3.86. The van der Waals surface area contributed by atoms with Crippen LogP contribution in [0.15, 0.2) is 66.2 Å². The van der Waals surface area contributed by atoms with Crippen LogP contribution in [0.5, 0.6) is 5.75 Å². The molecule has 1 aliphatic rings. The lowest BCUT2D eigenvalue weighted by atomic mass is 9.97. The predicted octanol–water partition coefficient (Wildman–Crippen LogP) is 3.72. The van der Waals surface area contributed by atoms with Gasteiger partial charge >= 0.3 is 0 Å². The molecule has 0 atom stereocenters. The molecule has 0 amide bonds. The van der Waals surface area contributed by atoms with E-state index in [9.17, 15) is 5.11 Å². The molecular formula is C26H36N4O2. The molecule has 1 fully saturated rings. The van der Waals surface area contributed by atoms with Crippen LogP contribution in [-0.2, 0) is 13.1 Å². The van der Waals surface area contributed by atoms with Crippen molar-refractivity contribution in [2.45, 2.75) is 32.9 Å². The highest BCUT2D eigenvalue weighted by molar-refractivity contribution is 5.79. The van der Waals surface area contributed by atoms with Crippen molar-refractivity contribution in [3.05, 3.63) is 72.3 Å². The van der Waals surface area contributed by atoms with Crippen LogP contribution in [0.1, 0.15) is 30.9 Å². The lowest BCUT2D eigenvalue weighted by Gasteiger charge is -2.32. The smallest absolute Gasteiger partial charge is 0.191 e. The van der Waals surface area contributed by atoms with Gasteiger partial charge in [0.05, 0.1) is 6.54 Å². The fourth-order valence-electron chi connectivity index (χ4n) is 3.82. The standard InChI is InChI=1S/C26H36N4O2/c1-3-17-32-25-8-6-5-7-23(25)19-29-26(27-4-2)28-18-21-9-11-24(12-10-21)30-15-13-22(20-31)14-16-30/h3,5-12,22,31H,1,4,13-20H2,2H3,(H2,27,28,29). The molecule has 2 aromatic rings. The number of nitrogens with zero attached hydrogens (tertiary/aromatic N) is 2. The number of benzene rings is 2. The maximum Gasteiger partial charge on any atom is 0.191 e. The third kappa shape index (κ3) is 7.02. The third-order valence-electron chi connectivity index (χ3n) is 5.71. The first kappa shape index (κ1) is 23.7. The first-order valence-corrected chi connectivity index (χ1v) is 11.5. The van der Waals surface area contributed by atoms with Gasteiger partial charge < -0.3 is 25.4 Å². The summed E-state index contributed by atoms with van der Waals surface area (Å²) >= 11 is 0. The fraction of sp³-hybridized carbons (Fsp3) is 0.423. The molecule has 2 aromatic carbocycles. The molecule has 0 bridgehead atoms. The van der Waals surface area contributed by atoms with Crippen molar-refractivity contribution in [3.8, 4) is 5.75 Å². The number of aliphatic imine (C=N–C) groups is 1. The fourth-order valence-corrected chi connectivity index (χ4v) is 3.82. The van der Waals surface area contributed by atoms with Crippen molar-refractivity contribution in [2.75, 3.05) is 37.7 Å². The summed E-state index contributed by atoms with van der Waals surface area (Å²) in [4.78, 5) is 7.15. The molecule has 0 unspecified atom stereocenters. The Kier molecular flexibility index (Phi) is 9.44. The van der Waals surface area contributed by atoms with E-state index in [0.717, 1.165) is 49.7 Å². The van der Waals surface area contributed by atoms with E-state index >= 15 is 0 Å². The zero-order valence-electron chi connectivity index (χ0n) is 19.1. The first-order chi connectivity index (χ1) is 15.7. The van der Waals surface area contributed by atoms with Crippen LogP contribution in [0.2, 0.25) is 0 Å². The van der Waals surface area contributed by atoms with Crippen molar-refractivity contribution in [1.82, 2.24) is 10.6 Å². The molecule has 3 N–H and O–H groups in total. The SMILES string of the molecule is C=CCOc1ccccc1CNC(=NCc1ccc(N2CCC(CO)CC2)cc1)NCC. The normalized spacial score (nSPS) is 14.8. The van der Waals surface area contributed by atoms with Gasteiger partial charge in [0.2, 0.25) is 0 Å². The minimum Gasteiger partial charge on any atom is -0.489 e. The summed E-state index contributed by atoms with van der Waals surface area (Å²) in [7, 11) is 0. The van der Waals surface area contributed by atoms with Gasteiger partial charge in [-0.25, -0.2) is 4.99 Å². The summed E-state index contributed by atoms with van der Waals surface area (Å²) in [6.45, 7) is 10.6. The summed E-state index contributed by atoms with van der Waals surface area (Å²) in [5, 5.41) is 16.0. The second-order valence-corrected chi connectivity index (χ2v) is 8.04. The van der Waals surface area contributed by atoms with Gasteiger partial charge in [0.1, 0.15) is 12.4 Å². The number of nitrogens with one attached hydrogen (secondary N) is 2. The van der Waals surface area contributed by atoms with Crippen LogP contribution in [-0.4, -0.2) is 43.9 Å². The number of aliphatic hydroxyl groups excluding tert-OH is 1. The number of anilines is 1. The van der Waals surface area contributed by atoms with E-state index in [4.69, 9.17) is 9.73 Å². The van der Waals surface area contributed by atoms with Crippen molar-refractivity contribution in [2.24, 2.45) is 10.9 Å². The Balaban J connectivity index is 1.56. The molecular weight excluding hydrogens is 400 g/mol. The van der Waals surface area contributed by atoms with Crippen LogP contribution in [0, 0.1) is 5.92 Å². The number of rotatable bonds is 10. The van der Waals surface area contributed by atoms with Crippen LogP contribution >= 0.6 is 0 Å². The topological polar surface area (TPSA) is 69.1 Å². The highest BCUT2D eigenvalue weighted by Gasteiger charge is 2.18. The molecule has 1 saturated heterocycles. The van der Waals surface area contributed by atoms with Gasteiger partial charge in [-0.3, -0.25) is 0 Å². The molecule has 0 spiro atoms. The monoisotopic (exact) mass is 436 g/mol. The predicted molar refractivity (Wildman–Crippen MR) is 132 cm³/mol. The molecule has 172 valence electrons. The first-order valence-electron chi connectivity index (χ1n) is 11.5. The summed E-state index contributed by atoms with van der Waals surface area (Å²) in [5.41, 5.74) is 3.50. The lowest BCUT2D eigenvalue weighted by molar-refractivity contribution is 0.203. The maximum atomic E-state index is 9.33. The molecule has 6 nitrogen and oxygen atoms in total. The van der Waals surface area contributed by atoms with Gasteiger partial charge in [0.15, 0.2) is 5.96 Å². The summed E-state index contributed by atoms with van der Waals surface area (Å²) in [5.74, 6) is 2.09. The molecule has 32 heavy (non-hydrogen) atoms. The average molecular weight is 437 g/mol. The Morgan fingerprint density at radius 2 is 1.91 bits per heavy atom. The van der Waals surface area contributed by atoms with Gasteiger partial charge in [-0.1, -0.05) is 43.0 Å². The number of hydrogen-bond donors (Lipinski definition) is 3. The van der Waals surface area contributed by atoms with Crippen molar-refractivity contribution >= 4 is 11.6 Å². The average Bonchev–Trinajstić information content (AvgIpc) is 2.85. The summed E-state index contributed by atoms with van der Waals surface area (Å²) < 4.78 is 5.75. The molecule has 0 aromatic heterocycles. The zero-order chi connectivity index (χ0) is 22.6. The number of piperidine rings is 1. The Hall–Kier alpha value is -2.99. The Morgan fingerprint density at radius 1 is 1.16 bits per heavy atom. The van der Waals surface area contributed by atoms with E-state index < -0.39 is 0 Å². The van der Waals surface area contributed by atoms with E-state index in [2.05, 4.69) is 59.4 Å². The molecule has 6 heteroatoms. The van der Waals surface area contributed by atoms with E-state index in [1.807, 2.05) is 18.2 Å². The Morgan fingerprint density at radius 3 is 2.59 bits per heavy atom. The molecule has 1 aliphatic heterocycles. The minimum absolute atomic E-state index is 0.306. The minimum atomic E-state index is 0.306. The Bertz CT molecular complexity index is 858. The number of para-hydroxylation sites is 1. The summed E-state index contributed by atoms with van der Waals surface area (Å²) in [6, 6.07) is 16.7. The van der Waals surface area contributed by atoms with Crippen molar-refractivity contribution < 1.29 is 9.84 Å². The lowest BCUT2D eigenvalue weighted by Crippen LogP contribution is -2.36. The van der Waals surface area contributed by atoms with E-state index in [1.54, 1.807) is 6.08 Å². The number of guanidine groups is 1. The van der Waals surface area contributed by atoms with E-state index in [1.165, 1.54) is 11.3 Å². The van der Waals surface area contributed by atoms with Crippen molar-refractivity contribution in [3.63, 3.8) is 0 Å². The van der Waals surface area contributed by atoms with Crippen LogP contribution in [0.25, 0.3) is 0 Å². The highest BCUT2D eigenvalue weighted by atomic mass is 16.5.